The highest BCUT2D eigenvalue weighted by molar-refractivity contribution is 5.78. The maximum Gasteiger partial charge on any atom is 0.234 e. The molecule has 1 amide bonds. The Morgan fingerprint density at radius 3 is 2.82 bits per heavy atom. The van der Waals surface area contributed by atoms with Gasteiger partial charge in [-0.05, 0) is 32.0 Å². The number of fused-ring (bicyclic) bond motifs is 1. The molecular formula is C17H26N2O3. The number of amides is 1. The SMILES string of the molecule is CCN(CC(=O)NCC1Cc2ccccc2O1)CC(C)(C)O. The van der Waals surface area contributed by atoms with Crippen LogP contribution in [0.3, 0.4) is 0 Å². The molecule has 5 heteroatoms. The second-order valence-corrected chi connectivity index (χ2v) is 6.47. The Bertz CT molecular complexity index is 486. The first-order chi connectivity index (χ1) is 10.4. The lowest BCUT2D eigenvalue weighted by atomic mass is 10.1. The summed E-state index contributed by atoms with van der Waals surface area (Å²) in [6.45, 7) is 7.48. The summed E-state index contributed by atoms with van der Waals surface area (Å²) < 4.78 is 5.80. The minimum Gasteiger partial charge on any atom is -0.488 e. The Kier molecular flexibility index (Phi) is 5.42. The normalized spacial score (nSPS) is 17.2. The van der Waals surface area contributed by atoms with Crippen LogP contribution in [0, 0.1) is 0 Å². The molecule has 122 valence electrons. The van der Waals surface area contributed by atoms with E-state index >= 15 is 0 Å². The molecule has 1 aromatic rings. The molecule has 0 saturated carbocycles. The van der Waals surface area contributed by atoms with Crippen LogP contribution in [0.5, 0.6) is 5.75 Å². The number of carbonyl (C=O) groups excluding carboxylic acids is 1. The number of ether oxygens (including phenoxy) is 1. The maximum absolute atomic E-state index is 12.0. The van der Waals surface area contributed by atoms with Gasteiger partial charge in [-0.1, -0.05) is 25.1 Å². The highest BCUT2D eigenvalue weighted by atomic mass is 16.5. The van der Waals surface area contributed by atoms with Gasteiger partial charge in [0, 0.05) is 13.0 Å². The first-order valence-electron chi connectivity index (χ1n) is 7.83. The molecule has 1 aromatic carbocycles. The second kappa shape index (κ2) is 7.11. The third-order valence-corrected chi connectivity index (χ3v) is 3.67. The molecule has 1 unspecified atom stereocenters. The highest BCUT2D eigenvalue weighted by Gasteiger charge is 2.23. The maximum atomic E-state index is 12.0. The van der Waals surface area contributed by atoms with Crippen LogP contribution in [0.1, 0.15) is 26.3 Å². The van der Waals surface area contributed by atoms with E-state index in [0.29, 0.717) is 19.6 Å². The van der Waals surface area contributed by atoms with Gasteiger partial charge in [-0.25, -0.2) is 0 Å². The molecular weight excluding hydrogens is 280 g/mol. The van der Waals surface area contributed by atoms with Gasteiger partial charge >= 0.3 is 0 Å². The zero-order valence-electron chi connectivity index (χ0n) is 13.6. The van der Waals surface area contributed by atoms with E-state index in [2.05, 4.69) is 11.4 Å². The summed E-state index contributed by atoms with van der Waals surface area (Å²) in [5.41, 5.74) is 0.394. The Morgan fingerprint density at radius 1 is 1.45 bits per heavy atom. The van der Waals surface area contributed by atoms with Crippen molar-refractivity contribution in [3.05, 3.63) is 29.8 Å². The number of nitrogens with zero attached hydrogens (tertiary/aromatic N) is 1. The van der Waals surface area contributed by atoms with E-state index in [-0.39, 0.29) is 12.0 Å². The van der Waals surface area contributed by atoms with Crippen molar-refractivity contribution >= 4 is 5.91 Å². The largest absolute Gasteiger partial charge is 0.488 e. The van der Waals surface area contributed by atoms with Crippen molar-refractivity contribution in [1.29, 1.82) is 0 Å². The lowest BCUT2D eigenvalue weighted by Crippen LogP contribution is -2.45. The molecule has 1 atom stereocenters. The molecule has 2 rings (SSSR count). The standard InChI is InChI=1S/C17H26N2O3/c1-4-19(12-17(2,3)21)11-16(20)18-10-14-9-13-7-5-6-8-15(13)22-14/h5-8,14,21H,4,9-12H2,1-3H3,(H,18,20). The zero-order chi connectivity index (χ0) is 16.2. The Labute approximate surface area is 132 Å². The van der Waals surface area contributed by atoms with Crippen molar-refractivity contribution in [3.63, 3.8) is 0 Å². The molecule has 1 aliphatic rings. The van der Waals surface area contributed by atoms with Crippen LogP contribution < -0.4 is 10.1 Å². The lowest BCUT2D eigenvalue weighted by Gasteiger charge is -2.27. The monoisotopic (exact) mass is 306 g/mol. The number of carbonyl (C=O) groups is 1. The van der Waals surface area contributed by atoms with Crippen LogP contribution >= 0.6 is 0 Å². The molecule has 0 aliphatic carbocycles. The summed E-state index contributed by atoms with van der Waals surface area (Å²) >= 11 is 0. The summed E-state index contributed by atoms with van der Waals surface area (Å²) in [5, 5.41) is 12.8. The van der Waals surface area contributed by atoms with E-state index in [9.17, 15) is 9.90 Å². The molecule has 1 heterocycles. The number of aliphatic hydroxyl groups is 1. The summed E-state index contributed by atoms with van der Waals surface area (Å²) in [4.78, 5) is 14.0. The molecule has 5 nitrogen and oxygen atoms in total. The molecule has 22 heavy (non-hydrogen) atoms. The number of hydrogen-bond acceptors (Lipinski definition) is 4. The fraction of sp³-hybridized carbons (Fsp3) is 0.588. The van der Waals surface area contributed by atoms with Crippen molar-refractivity contribution in [2.75, 3.05) is 26.2 Å². The van der Waals surface area contributed by atoms with Gasteiger partial charge in [0.2, 0.25) is 5.91 Å². The minimum absolute atomic E-state index is 0.00529. The van der Waals surface area contributed by atoms with Crippen molar-refractivity contribution in [3.8, 4) is 5.75 Å². The van der Waals surface area contributed by atoms with E-state index in [4.69, 9.17) is 4.74 Å². The van der Waals surface area contributed by atoms with E-state index in [1.165, 1.54) is 5.56 Å². The smallest absolute Gasteiger partial charge is 0.234 e. The van der Waals surface area contributed by atoms with Gasteiger partial charge in [-0.3, -0.25) is 9.69 Å². The average Bonchev–Trinajstić information content (AvgIpc) is 2.85. The predicted molar refractivity (Wildman–Crippen MR) is 86.0 cm³/mol. The molecule has 0 radical (unpaired) electrons. The number of likely N-dealkylation sites (N-methyl/N-ethyl adjacent to an activating group) is 1. The quantitative estimate of drug-likeness (QED) is 0.794. The van der Waals surface area contributed by atoms with Crippen molar-refractivity contribution in [2.24, 2.45) is 0 Å². The molecule has 0 fully saturated rings. The summed E-state index contributed by atoms with van der Waals surface area (Å²) in [6, 6.07) is 7.97. The van der Waals surface area contributed by atoms with Crippen molar-refractivity contribution < 1.29 is 14.6 Å². The van der Waals surface area contributed by atoms with E-state index in [1.54, 1.807) is 13.8 Å². The minimum atomic E-state index is -0.799. The predicted octanol–water partition coefficient (Wildman–Crippen LogP) is 1.20. The molecule has 1 aliphatic heterocycles. The fourth-order valence-corrected chi connectivity index (χ4v) is 2.68. The van der Waals surface area contributed by atoms with Gasteiger partial charge in [0.25, 0.3) is 0 Å². The van der Waals surface area contributed by atoms with E-state index in [1.807, 2.05) is 30.0 Å². The Hall–Kier alpha value is -1.59. The van der Waals surface area contributed by atoms with Gasteiger partial charge in [0.1, 0.15) is 11.9 Å². The summed E-state index contributed by atoms with van der Waals surface area (Å²) in [7, 11) is 0. The fourth-order valence-electron chi connectivity index (χ4n) is 2.68. The highest BCUT2D eigenvalue weighted by Crippen LogP contribution is 2.27. The van der Waals surface area contributed by atoms with E-state index < -0.39 is 5.60 Å². The lowest BCUT2D eigenvalue weighted by molar-refractivity contribution is -0.123. The van der Waals surface area contributed by atoms with Gasteiger partial charge in [-0.2, -0.15) is 0 Å². The van der Waals surface area contributed by atoms with Gasteiger partial charge < -0.3 is 15.2 Å². The Balaban J connectivity index is 1.74. The summed E-state index contributed by atoms with van der Waals surface area (Å²) in [5.74, 6) is 0.879. The number of rotatable bonds is 7. The van der Waals surface area contributed by atoms with Crippen LogP contribution in [0.15, 0.2) is 24.3 Å². The third kappa shape index (κ3) is 5.00. The Morgan fingerprint density at radius 2 is 2.18 bits per heavy atom. The zero-order valence-corrected chi connectivity index (χ0v) is 13.6. The number of nitrogens with one attached hydrogen (secondary N) is 1. The van der Waals surface area contributed by atoms with Crippen LogP contribution in [0.25, 0.3) is 0 Å². The molecule has 0 saturated heterocycles. The number of hydrogen-bond donors (Lipinski definition) is 2. The second-order valence-electron chi connectivity index (χ2n) is 6.47. The molecule has 0 spiro atoms. The van der Waals surface area contributed by atoms with E-state index in [0.717, 1.165) is 18.7 Å². The topological polar surface area (TPSA) is 61.8 Å². The average molecular weight is 306 g/mol. The number of benzene rings is 1. The first-order valence-corrected chi connectivity index (χ1v) is 7.83. The van der Waals surface area contributed by atoms with Gasteiger partial charge in [0.05, 0.1) is 18.7 Å². The van der Waals surface area contributed by atoms with Crippen molar-refractivity contribution in [2.45, 2.75) is 38.9 Å². The van der Waals surface area contributed by atoms with Gasteiger partial charge in [-0.15, -0.1) is 0 Å². The van der Waals surface area contributed by atoms with Crippen molar-refractivity contribution in [1.82, 2.24) is 10.2 Å². The molecule has 0 bridgehead atoms. The van der Waals surface area contributed by atoms with Crippen LogP contribution in [-0.2, 0) is 11.2 Å². The molecule has 0 aromatic heterocycles. The van der Waals surface area contributed by atoms with Gasteiger partial charge in [0.15, 0.2) is 0 Å². The molecule has 2 N–H and O–H groups in total. The van der Waals surface area contributed by atoms with Crippen LogP contribution in [0.4, 0.5) is 0 Å². The van der Waals surface area contributed by atoms with Crippen LogP contribution in [-0.4, -0.2) is 53.8 Å². The first kappa shape index (κ1) is 16.8. The number of para-hydroxylation sites is 1. The van der Waals surface area contributed by atoms with Crippen LogP contribution in [0.2, 0.25) is 0 Å². The summed E-state index contributed by atoms with van der Waals surface area (Å²) in [6.07, 6.45) is 0.836. The third-order valence-electron chi connectivity index (χ3n) is 3.67.